The van der Waals surface area contributed by atoms with Gasteiger partial charge in [0.15, 0.2) is 11.5 Å². The van der Waals surface area contributed by atoms with Gasteiger partial charge in [0.05, 0.1) is 20.8 Å². The van der Waals surface area contributed by atoms with Crippen LogP contribution in [0.2, 0.25) is 0 Å². The molecule has 0 aliphatic rings. The van der Waals surface area contributed by atoms with Gasteiger partial charge in [0.25, 0.3) is 0 Å². The van der Waals surface area contributed by atoms with E-state index in [1.54, 1.807) is 26.4 Å². The molecule has 6 heteroatoms. The number of unbranched alkanes of at least 4 members (excludes halogenated alkanes) is 3. The molecule has 0 saturated heterocycles. The molecule has 0 aliphatic carbocycles. The molecule has 0 atom stereocenters. The quantitative estimate of drug-likeness (QED) is 0.314. The minimum absolute atomic E-state index is 0.482. The Morgan fingerprint density at radius 2 is 1.53 bits per heavy atom. The molecule has 2 aromatic carbocycles. The first-order chi connectivity index (χ1) is 14.7. The van der Waals surface area contributed by atoms with Gasteiger partial charge in [0.1, 0.15) is 12.6 Å². The van der Waals surface area contributed by atoms with Gasteiger partial charge in [-0.1, -0.05) is 12.8 Å². The number of hydrogen-bond donors (Lipinski definition) is 0. The van der Waals surface area contributed by atoms with Gasteiger partial charge in [-0.3, -0.25) is 9.59 Å². The Labute approximate surface area is 176 Å². The lowest BCUT2D eigenvalue weighted by molar-refractivity contribution is 0.111. The summed E-state index contributed by atoms with van der Waals surface area (Å²) in [5.74, 6) is 1.52. The van der Waals surface area contributed by atoms with E-state index in [0.29, 0.717) is 35.0 Å². The number of benzene rings is 2. The molecule has 0 aliphatic heterocycles. The number of aryl methyl sites for hydroxylation is 1. The summed E-state index contributed by atoms with van der Waals surface area (Å²) in [6, 6.07) is 11.1. The van der Waals surface area contributed by atoms with Crippen LogP contribution in [-0.2, 0) is 6.54 Å². The van der Waals surface area contributed by atoms with E-state index in [1.807, 2.05) is 24.3 Å². The van der Waals surface area contributed by atoms with Gasteiger partial charge in [0, 0.05) is 34.8 Å². The molecule has 0 unspecified atom stereocenters. The van der Waals surface area contributed by atoms with E-state index in [9.17, 15) is 9.59 Å². The average Bonchev–Trinajstić information content (AvgIpc) is 3.19. The van der Waals surface area contributed by atoms with Crippen LogP contribution in [0.4, 0.5) is 0 Å². The molecule has 0 amide bonds. The Bertz CT molecular complexity index is 983. The van der Waals surface area contributed by atoms with Crippen LogP contribution in [0.3, 0.4) is 0 Å². The maximum Gasteiger partial charge on any atom is 0.203 e. The standard InChI is InChI=1S/C24H27NO5/c1-28-22-14-19(17-27)15-23(29-2)24(22)30-12-6-4-3-5-10-25-11-9-20-13-18(16-26)7-8-21(20)25/h7-9,11,13-17H,3-6,10,12H2,1-2H3. The van der Waals surface area contributed by atoms with E-state index >= 15 is 0 Å². The van der Waals surface area contributed by atoms with Crippen molar-refractivity contribution in [2.45, 2.75) is 32.2 Å². The van der Waals surface area contributed by atoms with Crippen LogP contribution in [0.15, 0.2) is 42.6 Å². The Kier molecular flexibility index (Phi) is 7.49. The molecule has 1 aromatic heterocycles. The molecule has 0 radical (unpaired) electrons. The first kappa shape index (κ1) is 21.4. The lowest BCUT2D eigenvalue weighted by Crippen LogP contribution is -2.03. The van der Waals surface area contributed by atoms with E-state index < -0.39 is 0 Å². The summed E-state index contributed by atoms with van der Waals surface area (Å²) in [5, 5.41) is 1.09. The number of aromatic nitrogens is 1. The molecular weight excluding hydrogens is 382 g/mol. The Morgan fingerprint density at radius 3 is 2.20 bits per heavy atom. The van der Waals surface area contributed by atoms with Gasteiger partial charge < -0.3 is 18.8 Å². The largest absolute Gasteiger partial charge is 0.493 e. The predicted molar refractivity (Wildman–Crippen MR) is 116 cm³/mol. The van der Waals surface area contributed by atoms with Crippen molar-refractivity contribution in [3.63, 3.8) is 0 Å². The van der Waals surface area contributed by atoms with E-state index in [-0.39, 0.29) is 0 Å². The highest BCUT2D eigenvalue weighted by atomic mass is 16.5. The van der Waals surface area contributed by atoms with E-state index in [1.165, 1.54) is 0 Å². The van der Waals surface area contributed by atoms with E-state index in [2.05, 4.69) is 10.8 Å². The molecule has 6 nitrogen and oxygen atoms in total. The second-order valence-corrected chi connectivity index (χ2v) is 7.08. The summed E-state index contributed by atoms with van der Waals surface area (Å²) in [4.78, 5) is 21.9. The maximum absolute atomic E-state index is 11.0. The third-order valence-corrected chi connectivity index (χ3v) is 5.09. The van der Waals surface area contributed by atoms with Crippen LogP contribution in [0.1, 0.15) is 46.4 Å². The third kappa shape index (κ3) is 5.00. The summed E-state index contributed by atoms with van der Waals surface area (Å²) in [6.45, 7) is 1.49. The van der Waals surface area contributed by atoms with Crippen molar-refractivity contribution in [1.82, 2.24) is 4.57 Å². The number of ether oxygens (including phenoxy) is 3. The lowest BCUT2D eigenvalue weighted by atomic mass is 10.1. The number of rotatable bonds is 12. The van der Waals surface area contributed by atoms with Crippen LogP contribution in [0, 0.1) is 0 Å². The second-order valence-electron chi connectivity index (χ2n) is 7.08. The van der Waals surface area contributed by atoms with Crippen molar-refractivity contribution in [2.75, 3.05) is 20.8 Å². The summed E-state index contributed by atoms with van der Waals surface area (Å²) in [7, 11) is 3.09. The number of methoxy groups -OCH3 is 2. The summed E-state index contributed by atoms with van der Waals surface area (Å²) in [5.41, 5.74) is 2.34. The van der Waals surface area contributed by atoms with Gasteiger partial charge in [-0.25, -0.2) is 0 Å². The molecule has 3 aromatic rings. The van der Waals surface area contributed by atoms with Gasteiger partial charge in [-0.05, 0) is 49.2 Å². The number of carbonyl (C=O) groups is 2. The smallest absolute Gasteiger partial charge is 0.203 e. The lowest BCUT2D eigenvalue weighted by Gasteiger charge is -2.15. The first-order valence-electron chi connectivity index (χ1n) is 10.1. The fourth-order valence-corrected chi connectivity index (χ4v) is 3.51. The monoisotopic (exact) mass is 409 g/mol. The third-order valence-electron chi connectivity index (χ3n) is 5.09. The van der Waals surface area contributed by atoms with Gasteiger partial charge >= 0.3 is 0 Å². The molecule has 3 rings (SSSR count). The predicted octanol–water partition coefficient (Wildman–Crippen LogP) is 4.92. The zero-order valence-corrected chi connectivity index (χ0v) is 17.4. The van der Waals surface area contributed by atoms with Crippen LogP contribution in [0.5, 0.6) is 17.2 Å². The summed E-state index contributed by atoms with van der Waals surface area (Å²) < 4.78 is 18.8. The van der Waals surface area contributed by atoms with Crippen LogP contribution >= 0.6 is 0 Å². The fraction of sp³-hybridized carbons (Fsp3) is 0.333. The van der Waals surface area contributed by atoms with E-state index in [0.717, 1.165) is 55.7 Å². The normalized spacial score (nSPS) is 10.7. The van der Waals surface area contributed by atoms with Crippen LogP contribution in [0.25, 0.3) is 10.9 Å². The molecule has 0 spiro atoms. The number of fused-ring (bicyclic) bond motifs is 1. The maximum atomic E-state index is 11.0. The van der Waals surface area contributed by atoms with E-state index in [4.69, 9.17) is 14.2 Å². The van der Waals surface area contributed by atoms with Gasteiger partial charge in [-0.15, -0.1) is 0 Å². The van der Waals surface area contributed by atoms with Gasteiger partial charge in [-0.2, -0.15) is 0 Å². The fourth-order valence-electron chi connectivity index (χ4n) is 3.51. The topological polar surface area (TPSA) is 66.8 Å². The Hall–Kier alpha value is -3.28. The average molecular weight is 409 g/mol. The summed E-state index contributed by atoms with van der Waals surface area (Å²) in [6.07, 6.45) is 7.82. The summed E-state index contributed by atoms with van der Waals surface area (Å²) >= 11 is 0. The Balaban J connectivity index is 1.44. The molecule has 0 N–H and O–H groups in total. The van der Waals surface area contributed by atoms with Crippen LogP contribution < -0.4 is 14.2 Å². The molecule has 30 heavy (non-hydrogen) atoms. The minimum Gasteiger partial charge on any atom is -0.493 e. The van der Waals surface area contributed by atoms with Crippen molar-refractivity contribution in [3.05, 3.63) is 53.7 Å². The van der Waals surface area contributed by atoms with Crippen molar-refractivity contribution < 1.29 is 23.8 Å². The number of carbonyl (C=O) groups excluding carboxylic acids is 2. The highest BCUT2D eigenvalue weighted by Gasteiger charge is 2.14. The van der Waals surface area contributed by atoms with Crippen molar-refractivity contribution >= 4 is 23.5 Å². The van der Waals surface area contributed by atoms with Crippen molar-refractivity contribution in [1.29, 1.82) is 0 Å². The minimum atomic E-state index is 0.482. The number of nitrogens with zero attached hydrogens (tertiary/aromatic N) is 1. The number of aldehydes is 2. The van der Waals surface area contributed by atoms with Crippen LogP contribution in [-0.4, -0.2) is 38.0 Å². The zero-order valence-electron chi connectivity index (χ0n) is 17.4. The number of hydrogen-bond acceptors (Lipinski definition) is 5. The second kappa shape index (κ2) is 10.5. The zero-order chi connectivity index (χ0) is 21.3. The molecular formula is C24H27NO5. The highest BCUT2D eigenvalue weighted by molar-refractivity contribution is 5.87. The Morgan fingerprint density at radius 1 is 0.833 bits per heavy atom. The van der Waals surface area contributed by atoms with Crippen molar-refractivity contribution in [3.8, 4) is 17.2 Å². The molecule has 0 bridgehead atoms. The van der Waals surface area contributed by atoms with Gasteiger partial charge in [0.2, 0.25) is 5.75 Å². The first-order valence-corrected chi connectivity index (χ1v) is 10.1. The SMILES string of the molecule is COc1cc(C=O)cc(OC)c1OCCCCCCn1ccc2cc(C=O)ccc21. The molecule has 1 heterocycles. The van der Waals surface area contributed by atoms with Crippen molar-refractivity contribution in [2.24, 2.45) is 0 Å². The molecule has 158 valence electrons. The molecule has 0 fully saturated rings. The molecule has 0 saturated carbocycles. The highest BCUT2D eigenvalue weighted by Crippen LogP contribution is 2.38.